The SMILES string of the molecule is Oc1ccc(-c2ccc3c4ccc5c6cc7c(cc6c6ccc(c8cccc2c83)c4c65)c2ccc3c4cccc5c(-c6ccc(O)cc6)ccc(c6ccc7c2c36)c54)cc1. The van der Waals surface area contributed by atoms with E-state index in [0.717, 1.165) is 11.1 Å². The van der Waals surface area contributed by atoms with Crippen LogP contribution in [0.25, 0.3) is 152 Å². The van der Waals surface area contributed by atoms with E-state index in [1.54, 1.807) is 24.3 Å². The van der Waals surface area contributed by atoms with Gasteiger partial charge in [-0.25, -0.2) is 0 Å². The fraction of sp³-hybridized carbons (Fsp3) is 0. The second kappa shape index (κ2) is 10.6. The van der Waals surface area contributed by atoms with Gasteiger partial charge in [0.2, 0.25) is 0 Å². The van der Waals surface area contributed by atoms with Gasteiger partial charge in [-0.2, -0.15) is 0 Å². The second-order valence-corrected chi connectivity index (χ2v) is 17.0. The van der Waals surface area contributed by atoms with E-state index in [-0.39, 0.29) is 11.5 Å². The molecule has 0 fully saturated rings. The first kappa shape index (κ1) is 31.1. The molecule has 15 aromatic carbocycles. The summed E-state index contributed by atoms with van der Waals surface area (Å²) in [6.07, 6.45) is 0. The zero-order chi connectivity index (χ0) is 39.1. The van der Waals surface area contributed by atoms with Crippen LogP contribution in [0.15, 0.2) is 170 Å². The highest BCUT2D eigenvalue weighted by atomic mass is 16.3. The van der Waals surface area contributed by atoms with Crippen molar-refractivity contribution in [2.75, 3.05) is 0 Å². The average Bonchev–Trinajstić information content (AvgIpc) is 3.79. The zero-order valence-electron chi connectivity index (χ0n) is 32.1. The maximum absolute atomic E-state index is 10.0. The Morgan fingerprint density at radius 2 is 0.450 bits per heavy atom. The lowest BCUT2D eigenvalue weighted by Crippen LogP contribution is -1.89. The molecule has 0 aromatic heterocycles. The molecule has 0 aliphatic rings. The molecular weight excluding hydrogens is 729 g/mol. The van der Waals surface area contributed by atoms with Crippen molar-refractivity contribution in [3.05, 3.63) is 170 Å². The van der Waals surface area contributed by atoms with Gasteiger partial charge in [0.05, 0.1) is 0 Å². The van der Waals surface area contributed by atoms with Crippen LogP contribution in [0.5, 0.6) is 11.5 Å². The van der Waals surface area contributed by atoms with Gasteiger partial charge < -0.3 is 10.2 Å². The van der Waals surface area contributed by atoms with Crippen LogP contribution in [-0.4, -0.2) is 10.2 Å². The highest BCUT2D eigenvalue weighted by Crippen LogP contribution is 2.52. The highest BCUT2D eigenvalue weighted by Gasteiger charge is 2.24. The van der Waals surface area contributed by atoms with Gasteiger partial charge in [-0.1, -0.05) is 133 Å². The Kier molecular flexibility index (Phi) is 5.48. The van der Waals surface area contributed by atoms with E-state index in [2.05, 4.69) is 121 Å². The predicted octanol–water partition coefficient (Wildman–Crippen LogP) is 16.0. The largest absolute Gasteiger partial charge is 0.508 e. The Bertz CT molecular complexity index is 3900. The third-order valence-corrected chi connectivity index (χ3v) is 14.2. The lowest BCUT2D eigenvalue weighted by molar-refractivity contribution is 0.475. The van der Waals surface area contributed by atoms with Crippen molar-refractivity contribution in [1.82, 2.24) is 0 Å². The first-order valence-electron chi connectivity index (χ1n) is 20.7. The summed E-state index contributed by atoms with van der Waals surface area (Å²) < 4.78 is 0. The van der Waals surface area contributed by atoms with E-state index in [9.17, 15) is 10.2 Å². The van der Waals surface area contributed by atoms with Gasteiger partial charge in [0, 0.05) is 0 Å². The number of phenols is 2. The van der Waals surface area contributed by atoms with E-state index < -0.39 is 0 Å². The number of aromatic hydroxyl groups is 2. The molecule has 0 saturated carbocycles. The Labute approximate surface area is 341 Å². The minimum Gasteiger partial charge on any atom is -0.508 e. The Balaban J connectivity index is 1.00. The molecule has 0 aliphatic heterocycles. The summed E-state index contributed by atoms with van der Waals surface area (Å²) >= 11 is 0. The van der Waals surface area contributed by atoms with Crippen LogP contribution >= 0.6 is 0 Å². The van der Waals surface area contributed by atoms with Gasteiger partial charge in [0.1, 0.15) is 11.5 Å². The number of fused-ring (bicyclic) bond motifs is 10. The van der Waals surface area contributed by atoms with Gasteiger partial charge in [0.25, 0.3) is 0 Å². The molecule has 0 bridgehead atoms. The van der Waals surface area contributed by atoms with Gasteiger partial charge in [0.15, 0.2) is 0 Å². The van der Waals surface area contributed by atoms with Crippen molar-refractivity contribution >= 4 is 129 Å². The maximum atomic E-state index is 10.0. The molecule has 2 heteroatoms. The van der Waals surface area contributed by atoms with Crippen LogP contribution in [0.4, 0.5) is 0 Å². The molecule has 2 nitrogen and oxygen atoms in total. The molecule has 0 amide bonds. The molecule has 0 aliphatic carbocycles. The summed E-state index contributed by atoms with van der Waals surface area (Å²) in [6.45, 7) is 0. The fourth-order valence-electron chi connectivity index (χ4n) is 11.8. The lowest BCUT2D eigenvalue weighted by Gasteiger charge is -2.17. The molecule has 15 aromatic rings. The number of hydrogen-bond acceptors (Lipinski definition) is 2. The standard InChI is InChI=1S/C58H30O2/c59-31-11-7-29(8-12-31)33-15-17-39-43-21-25-47-51-28-52-48-26-22-44-40-18-16-34(30-9-13-32(60)14-10-30)36-4-2-6-38(54(36)40)42-20-24-46(58(48)56(42)44)50(52)27-49(51)45-23-19-41(55(43)57(45)47)37-5-1-3-35(33)53(37)39/h1-28,59-60H. The number of phenolic OH excluding ortho intramolecular Hbond substituents is 2. The first-order valence-corrected chi connectivity index (χ1v) is 20.7. The molecule has 274 valence electrons. The van der Waals surface area contributed by atoms with E-state index in [1.165, 1.54) is 140 Å². The summed E-state index contributed by atoms with van der Waals surface area (Å²) in [6, 6.07) is 61.6. The molecular formula is C58H30O2. The van der Waals surface area contributed by atoms with Crippen molar-refractivity contribution in [3.63, 3.8) is 0 Å². The monoisotopic (exact) mass is 758 g/mol. The molecule has 0 atom stereocenters. The lowest BCUT2D eigenvalue weighted by atomic mass is 9.86. The maximum Gasteiger partial charge on any atom is 0.115 e. The highest BCUT2D eigenvalue weighted by molar-refractivity contribution is 6.46. The second-order valence-electron chi connectivity index (χ2n) is 17.0. The van der Waals surface area contributed by atoms with Gasteiger partial charge in [-0.05, 0) is 188 Å². The van der Waals surface area contributed by atoms with Gasteiger partial charge in [-0.15, -0.1) is 0 Å². The van der Waals surface area contributed by atoms with Crippen molar-refractivity contribution < 1.29 is 10.2 Å². The van der Waals surface area contributed by atoms with Crippen molar-refractivity contribution in [2.24, 2.45) is 0 Å². The van der Waals surface area contributed by atoms with E-state index in [0.29, 0.717) is 0 Å². The molecule has 0 radical (unpaired) electrons. The van der Waals surface area contributed by atoms with Crippen LogP contribution in [0.1, 0.15) is 0 Å². The third kappa shape index (κ3) is 3.64. The number of hydrogen-bond donors (Lipinski definition) is 2. The Hall–Kier alpha value is -7.94. The van der Waals surface area contributed by atoms with Crippen LogP contribution in [0.2, 0.25) is 0 Å². The van der Waals surface area contributed by atoms with Crippen molar-refractivity contribution in [2.45, 2.75) is 0 Å². The minimum absolute atomic E-state index is 0.279. The summed E-state index contributed by atoms with van der Waals surface area (Å²) in [5.74, 6) is 0.559. The molecule has 2 N–H and O–H groups in total. The fourth-order valence-corrected chi connectivity index (χ4v) is 11.8. The van der Waals surface area contributed by atoms with E-state index in [1.807, 2.05) is 24.3 Å². The third-order valence-electron chi connectivity index (χ3n) is 14.2. The first-order chi connectivity index (χ1) is 29.6. The summed E-state index contributed by atoms with van der Waals surface area (Å²) in [4.78, 5) is 0. The number of rotatable bonds is 2. The molecule has 60 heavy (non-hydrogen) atoms. The topological polar surface area (TPSA) is 40.5 Å². The van der Waals surface area contributed by atoms with Gasteiger partial charge >= 0.3 is 0 Å². The van der Waals surface area contributed by atoms with E-state index in [4.69, 9.17) is 0 Å². The average molecular weight is 759 g/mol. The zero-order valence-corrected chi connectivity index (χ0v) is 32.1. The molecule has 0 unspecified atom stereocenters. The van der Waals surface area contributed by atoms with Crippen LogP contribution in [0.3, 0.4) is 0 Å². The van der Waals surface area contributed by atoms with Crippen LogP contribution in [0, 0.1) is 0 Å². The summed E-state index contributed by atoms with van der Waals surface area (Å²) in [7, 11) is 0. The number of benzene rings is 13. The normalized spacial score (nSPS) is 12.8. The minimum atomic E-state index is 0.279. The van der Waals surface area contributed by atoms with Crippen LogP contribution < -0.4 is 0 Å². The quantitative estimate of drug-likeness (QED) is 0.136. The Morgan fingerprint density at radius 1 is 0.200 bits per heavy atom. The molecule has 15 rings (SSSR count). The van der Waals surface area contributed by atoms with E-state index >= 15 is 0 Å². The summed E-state index contributed by atoms with van der Waals surface area (Å²) in [5.41, 5.74) is 4.56. The Morgan fingerprint density at radius 3 is 0.783 bits per heavy atom. The smallest absolute Gasteiger partial charge is 0.115 e. The van der Waals surface area contributed by atoms with Crippen molar-refractivity contribution in [3.8, 4) is 33.8 Å². The molecule has 0 saturated heterocycles. The van der Waals surface area contributed by atoms with Crippen molar-refractivity contribution in [1.29, 1.82) is 0 Å². The van der Waals surface area contributed by atoms with Crippen LogP contribution in [-0.2, 0) is 0 Å². The predicted molar refractivity (Wildman–Crippen MR) is 255 cm³/mol. The molecule has 0 spiro atoms. The summed E-state index contributed by atoms with van der Waals surface area (Å²) in [5, 5.41) is 51.3. The molecule has 0 heterocycles. The van der Waals surface area contributed by atoms with Gasteiger partial charge in [-0.3, -0.25) is 0 Å².